The molecule has 1 rings (SSSR count). The second-order valence-corrected chi connectivity index (χ2v) is 6.52. The molecule has 1 fully saturated rings. The molecule has 0 aromatic rings. The van der Waals surface area contributed by atoms with E-state index in [1.165, 1.54) is 6.42 Å². The Morgan fingerprint density at radius 1 is 1.08 bits per heavy atom. The van der Waals surface area contributed by atoms with Crippen LogP contribution in [-0.2, 0) is 0 Å². The number of allylic oxidation sites excluding steroid dienone is 1. The van der Waals surface area contributed by atoms with Crippen LogP contribution in [0.25, 0.3) is 0 Å². The lowest BCUT2D eigenvalue weighted by Gasteiger charge is -2.43. The van der Waals surface area contributed by atoms with Crippen LogP contribution in [0.4, 0.5) is 0 Å². The van der Waals surface area contributed by atoms with Gasteiger partial charge in [0.05, 0.1) is 0 Å². The third kappa shape index (κ3) is 1.35. The van der Waals surface area contributed by atoms with Gasteiger partial charge in [-0.1, -0.05) is 47.6 Å². The molecule has 0 spiro atoms. The van der Waals surface area contributed by atoms with Crippen molar-refractivity contribution >= 4 is 0 Å². The Morgan fingerprint density at radius 2 is 1.46 bits per heavy atom. The molecule has 1 aliphatic carbocycles. The highest BCUT2D eigenvalue weighted by Crippen LogP contribution is 2.71. The summed E-state index contributed by atoms with van der Waals surface area (Å²) >= 11 is 0. The van der Waals surface area contributed by atoms with Gasteiger partial charge in [0, 0.05) is 0 Å². The third-order valence-corrected chi connectivity index (χ3v) is 3.98. The average Bonchev–Trinajstić information content (AvgIpc) is 2.57. The summed E-state index contributed by atoms with van der Waals surface area (Å²) in [5.41, 5.74) is 1.26. The maximum absolute atomic E-state index is 3.94. The maximum atomic E-state index is 3.94. The molecule has 0 amide bonds. The summed E-state index contributed by atoms with van der Waals surface area (Å²) in [5.74, 6) is 0.729. The molecule has 1 aliphatic rings. The average molecular weight is 180 g/mol. The first-order valence-electron chi connectivity index (χ1n) is 5.29. The van der Waals surface area contributed by atoms with Crippen molar-refractivity contribution in [3.63, 3.8) is 0 Å². The highest BCUT2D eigenvalue weighted by atomic mass is 14.7. The van der Waals surface area contributed by atoms with Gasteiger partial charge in [-0.25, -0.2) is 0 Å². The molecule has 0 heterocycles. The zero-order chi connectivity index (χ0) is 10.5. The Balaban J connectivity index is 3.01. The molecule has 0 nitrogen and oxygen atoms in total. The molecule has 0 bridgehead atoms. The Kier molecular flexibility index (Phi) is 2.18. The van der Waals surface area contributed by atoms with Crippen molar-refractivity contribution in [3.05, 3.63) is 12.7 Å². The van der Waals surface area contributed by atoms with E-state index in [2.05, 4.69) is 54.2 Å². The molecule has 0 aromatic heterocycles. The Bertz CT molecular complexity index is 195. The smallest absolute Gasteiger partial charge is 0.0132 e. The number of hydrogen-bond acceptors (Lipinski definition) is 0. The Hall–Kier alpha value is -0.260. The van der Waals surface area contributed by atoms with E-state index in [0.717, 1.165) is 5.92 Å². The molecule has 0 heteroatoms. The first-order chi connectivity index (χ1) is 5.67. The molecule has 1 atom stereocenters. The van der Waals surface area contributed by atoms with E-state index in [9.17, 15) is 0 Å². The van der Waals surface area contributed by atoms with E-state index in [-0.39, 0.29) is 0 Å². The van der Waals surface area contributed by atoms with Gasteiger partial charge in [-0.15, -0.1) is 6.58 Å². The predicted octanol–water partition coefficient (Wildman–Crippen LogP) is 4.27. The summed E-state index contributed by atoms with van der Waals surface area (Å²) in [5, 5.41) is 0. The molecule has 0 aromatic carbocycles. The molecular formula is C13H24. The molecule has 0 saturated heterocycles. The van der Waals surface area contributed by atoms with E-state index in [4.69, 9.17) is 0 Å². The zero-order valence-electron chi connectivity index (χ0n) is 10.1. The van der Waals surface area contributed by atoms with Crippen LogP contribution in [0.3, 0.4) is 0 Å². The van der Waals surface area contributed by atoms with Crippen molar-refractivity contribution in [1.82, 2.24) is 0 Å². The number of hydrogen-bond donors (Lipinski definition) is 0. The van der Waals surface area contributed by atoms with E-state index in [1.54, 1.807) is 0 Å². The maximum Gasteiger partial charge on any atom is -0.0132 e. The van der Waals surface area contributed by atoms with Crippen LogP contribution in [0.5, 0.6) is 0 Å². The van der Waals surface area contributed by atoms with Gasteiger partial charge in [-0.3, -0.25) is 0 Å². The molecular weight excluding hydrogens is 156 g/mol. The van der Waals surface area contributed by atoms with Crippen LogP contribution >= 0.6 is 0 Å². The standard InChI is InChI=1S/C13H24/c1-8-10-9-13(10,11(2,3)4)12(5,6)7/h8,10H,1,9H2,2-7H3. The normalized spacial score (nSPS) is 27.1. The fourth-order valence-electron chi connectivity index (χ4n) is 3.42. The molecule has 0 aliphatic heterocycles. The summed E-state index contributed by atoms with van der Waals surface area (Å²) in [6.07, 6.45) is 3.47. The van der Waals surface area contributed by atoms with Gasteiger partial charge >= 0.3 is 0 Å². The summed E-state index contributed by atoms with van der Waals surface area (Å²) in [4.78, 5) is 0. The highest BCUT2D eigenvalue weighted by Gasteiger charge is 2.65. The Morgan fingerprint density at radius 3 is 1.54 bits per heavy atom. The fraction of sp³-hybridized carbons (Fsp3) is 0.846. The summed E-state index contributed by atoms with van der Waals surface area (Å²) < 4.78 is 0. The van der Waals surface area contributed by atoms with Gasteiger partial charge in [0.1, 0.15) is 0 Å². The Labute approximate surface area is 83.4 Å². The molecule has 0 radical (unpaired) electrons. The van der Waals surface area contributed by atoms with Gasteiger partial charge in [0.15, 0.2) is 0 Å². The highest BCUT2D eigenvalue weighted by molar-refractivity contribution is 5.19. The summed E-state index contributed by atoms with van der Waals surface area (Å²) in [6, 6.07) is 0. The lowest BCUT2D eigenvalue weighted by atomic mass is 9.62. The topological polar surface area (TPSA) is 0 Å². The van der Waals surface area contributed by atoms with Crippen LogP contribution in [0.1, 0.15) is 48.0 Å². The van der Waals surface area contributed by atoms with Crippen LogP contribution in [-0.4, -0.2) is 0 Å². The first kappa shape index (κ1) is 10.8. The molecule has 1 unspecified atom stereocenters. The minimum Gasteiger partial charge on any atom is -0.103 e. The number of rotatable bonds is 1. The van der Waals surface area contributed by atoms with Crippen molar-refractivity contribution < 1.29 is 0 Å². The lowest BCUT2D eigenvalue weighted by Crippen LogP contribution is -2.36. The van der Waals surface area contributed by atoms with Crippen molar-refractivity contribution in [3.8, 4) is 0 Å². The van der Waals surface area contributed by atoms with Gasteiger partial charge < -0.3 is 0 Å². The quantitative estimate of drug-likeness (QED) is 0.529. The second-order valence-electron chi connectivity index (χ2n) is 6.52. The third-order valence-electron chi connectivity index (χ3n) is 3.98. The van der Waals surface area contributed by atoms with E-state index in [0.29, 0.717) is 16.2 Å². The fourth-order valence-corrected chi connectivity index (χ4v) is 3.42. The summed E-state index contributed by atoms with van der Waals surface area (Å²) in [6.45, 7) is 18.1. The van der Waals surface area contributed by atoms with E-state index < -0.39 is 0 Å². The van der Waals surface area contributed by atoms with Crippen LogP contribution < -0.4 is 0 Å². The summed E-state index contributed by atoms with van der Waals surface area (Å²) in [7, 11) is 0. The molecule has 76 valence electrons. The monoisotopic (exact) mass is 180 g/mol. The zero-order valence-corrected chi connectivity index (χ0v) is 10.1. The van der Waals surface area contributed by atoms with Crippen LogP contribution in [0.15, 0.2) is 12.7 Å². The van der Waals surface area contributed by atoms with E-state index in [1.807, 2.05) is 0 Å². The van der Waals surface area contributed by atoms with E-state index >= 15 is 0 Å². The van der Waals surface area contributed by atoms with Crippen molar-refractivity contribution in [2.45, 2.75) is 48.0 Å². The van der Waals surface area contributed by atoms with Gasteiger partial charge in [0.25, 0.3) is 0 Å². The molecule has 1 saturated carbocycles. The van der Waals surface area contributed by atoms with Crippen molar-refractivity contribution in [2.24, 2.45) is 22.2 Å². The predicted molar refractivity (Wildman–Crippen MR) is 59.6 cm³/mol. The largest absolute Gasteiger partial charge is 0.103 e. The van der Waals surface area contributed by atoms with Gasteiger partial charge in [0.2, 0.25) is 0 Å². The second kappa shape index (κ2) is 2.62. The lowest BCUT2D eigenvalue weighted by molar-refractivity contribution is 0.0636. The van der Waals surface area contributed by atoms with Crippen molar-refractivity contribution in [2.75, 3.05) is 0 Å². The van der Waals surface area contributed by atoms with Gasteiger partial charge in [-0.2, -0.15) is 0 Å². The van der Waals surface area contributed by atoms with Crippen LogP contribution in [0.2, 0.25) is 0 Å². The van der Waals surface area contributed by atoms with Crippen molar-refractivity contribution in [1.29, 1.82) is 0 Å². The molecule has 0 N–H and O–H groups in total. The first-order valence-corrected chi connectivity index (χ1v) is 5.29. The van der Waals surface area contributed by atoms with Crippen LogP contribution in [0, 0.1) is 22.2 Å². The molecule has 13 heavy (non-hydrogen) atoms. The minimum absolute atomic E-state index is 0.393. The minimum atomic E-state index is 0.393. The van der Waals surface area contributed by atoms with Gasteiger partial charge in [-0.05, 0) is 28.6 Å². The SMILES string of the molecule is C=CC1CC1(C(C)(C)C)C(C)(C)C.